The monoisotopic (exact) mass is 378 g/mol. The molecule has 152 valence electrons. The normalized spacial score (nSPS) is 20.3. The summed E-state index contributed by atoms with van der Waals surface area (Å²) in [6, 6.07) is 0. The predicted octanol–water partition coefficient (Wildman–Crippen LogP) is 4.85. The van der Waals surface area contributed by atoms with Crippen LogP contribution in [0, 0.1) is 11.8 Å². The molecule has 0 bridgehead atoms. The lowest BCUT2D eigenvalue weighted by molar-refractivity contribution is -0.144. The molecule has 0 spiro atoms. The first-order valence-electron chi connectivity index (χ1n) is 10.2. The second kappa shape index (κ2) is 13.3. The first-order chi connectivity index (χ1) is 12.9. The van der Waals surface area contributed by atoms with Crippen LogP contribution < -0.4 is 0 Å². The Morgan fingerprint density at radius 3 is 2.59 bits per heavy atom. The van der Waals surface area contributed by atoms with E-state index >= 15 is 0 Å². The van der Waals surface area contributed by atoms with Gasteiger partial charge in [0, 0.05) is 25.2 Å². The Bertz CT molecular complexity index is 535. The molecule has 0 aromatic rings. The number of carboxylic acid groups (broad SMARTS) is 1. The van der Waals surface area contributed by atoms with Crippen molar-refractivity contribution in [1.82, 2.24) is 0 Å². The van der Waals surface area contributed by atoms with E-state index in [1.54, 1.807) is 6.08 Å². The molecular weight excluding hydrogens is 344 g/mol. The van der Waals surface area contributed by atoms with Crippen LogP contribution >= 0.6 is 0 Å². The largest absolute Gasteiger partial charge is 0.481 e. The highest BCUT2D eigenvalue weighted by atomic mass is 16.5. The number of carbonyl (C=O) groups excluding carboxylic acids is 2. The first-order valence-corrected chi connectivity index (χ1v) is 10.2. The van der Waals surface area contributed by atoms with Gasteiger partial charge in [-0.1, -0.05) is 51.2 Å². The van der Waals surface area contributed by atoms with Crippen molar-refractivity contribution < 1.29 is 24.2 Å². The van der Waals surface area contributed by atoms with Crippen molar-refractivity contribution in [3.63, 3.8) is 0 Å². The third kappa shape index (κ3) is 10.1. The number of esters is 1. The van der Waals surface area contributed by atoms with E-state index in [1.165, 1.54) is 6.92 Å². The SMILES string of the molecule is CCCCCC(C=CC1C=CC(=O)C1CCCCCCC(=O)O)OC(C)=O. The number of carboxylic acids is 1. The Kier molecular flexibility index (Phi) is 11.4. The molecule has 0 aliphatic heterocycles. The van der Waals surface area contributed by atoms with Gasteiger partial charge in [-0.25, -0.2) is 0 Å². The van der Waals surface area contributed by atoms with Crippen molar-refractivity contribution in [3.05, 3.63) is 24.3 Å². The van der Waals surface area contributed by atoms with E-state index in [4.69, 9.17) is 9.84 Å². The van der Waals surface area contributed by atoms with Crippen LogP contribution in [0.1, 0.15) is 78.1 Å². The van der Waals surface area contributed by atoms with E-state index in [0.29, 0.717) is 6.42 Å². The summed E-state index contributed by atoms with van der Waals surface area (Å²) in [6.45, 7) is 3.56. The van der Waals surface area contributed by atoms with Crippen LogP contribution in [-0.4, -0.2) is 28.9 Å². The fraction of sp³-hybridized carbons (Fsp3) is 0.682. The molecule has 0 fully saturated rings. The van der Waals surface area contributed by atoms with Gasteiger partial charge in [0.1, 0.15) is 6.10 Å². The summed E-state index contributed by atoms with van der Waals surface area (Å²) in [5.41, 5.74) is 0. The number of ketones is 1. The Balaban J connectivity index is 2.47. The molecule has 5 heteroatoms. The van der Waals surface area contributed by atoms with Gasteiger partial charge in [0.15, 0.2) is 5.78 Å². The second-order valence-electron chi connectivity index (χ2n) is 7.32. The van der Waals surface area contributed by atoms with Gasteiger partial charge in [0.25, 0.3) is 0 Å². The summed E-state index contributed by atoms with van der Waals surface area (Å²) in [4.78, 5) is 34.0. The summed E-state index contributed by atoms with van der Waals surface area (Å²) in [5.74, 6) is -0.867. The number of rotatable bonds is 14. The van der Waals surface area contributed by atoms with Gasteiger partial charge in [0.2, 0.25) is 0 Å². The van der Waals surface area contributed by atoms with Crippen molar-refractivity contribution >= 4 is 17.7 Å². The predicted molar refractivity (Wildman–Crippen MR) is 105 cm³/mol. The lowest BCUT2D eigenvalue weighted by Crippen LogP contribution is -2.17. The molecule has 5 nitrogen and oxygen atoms in total. The van der Waals surface area contributed by atoms with Gasteiger partial charge in [-0.15, -0.1) is 0 Å². The molecule has 0 saturated carbocycles. The Hall–Kier alpha value is -1.91. The van der Waals surface area contributed by atoms with E-state index < -0.39 is 5.97 Å². The van der Waals surface area contributed by atoms with E-state index in [1.807, 2.05) is 18.2 Å². The van der Waals surface area contributed by atoms with Crippen LogP contribution in [0.15, 0.2) is 24.3 Å². The van der Waals surface area contributed by atoms with Gasteiger partial charge in [-0.3, -0.25) is 14.4 Å². The minimum atomic E-state index is -0.753. The average Bonchev–Trinajstić information content (AvgIpc) is 2.95. The molecule has 0 aromatic heterocycles. The molecule has 0 amide bonds. The molecule has 1 aliphatic rings. The fourth-order valence-electron chi connectivity index (χ4n) is 3.44. The van der Waals surface area contributed by atoms with Crippen LogP contribution in [0.5, 0.6) is 0 Å². The highest BCUT2D eigenvalue weighted by Crippen LogP contribution is 2.29. The van der Waals surface area contributed by atoms with Crippen molar-refractivity contribution in [2.75, 3.05) is 0 Å². The summed E-state index contributed by atoms with van der Waals surface area (Å²) < 4.78 is 5.38. The van der Waals surface area contributed by atoms with Crippen molar-refractivity contribution in [2.45, 2.75) is 84.2 Å². The third-order valence-corrected chi connectivity index (χ3v) is 4.93. The molecule has 1 aliphatic carbocycles. The highest BCUT2D eigenvalue weighted by Gasteiger charge is 2.27. The van der Waals surface area contributed by atoms with Crippen LogP contribution in [0.2, 0.25) is 0 Å². The zero-order valence-corrected chi connectivity index (χ0v) is 16.7. The van der Waals surface area contributed by atoms with Gasteiger partial charge >= 0.3 is 11.9 Å². The Labute approximate surface area is 162 Å². The molecule has 0 radical (unpaired) electrons. The van der Waals surface area contributed by atoms with Crippen molar-refractivity contribution in [2.24, 2.45) is 11.8 Å². The molecule has 1 rings (SSSR count). The molecule has 0 aromatic carbocycles. The van der Waals surface area contributed by atoms with E-state index in [0.717, 1.165) is 51.4 Å². The third-order valence-electron chi connectivity index (χ3n) is 4.93. The molecular formula is C22H34O5. The van der Waals surface area contributed by atoms with Gasteiger partial charge in [0.05, 0.1) is 0 Å². The van der Waals surface area contributed by atoms with E-state index in [2.05, 4.69) is 6.92 Å². The summed E-state index contributed by atoms with van der Waals surface area (Å²) in [5, 5.41) is 8.65. The number of hydrogen-bond donors (Lipinski definition) is 1. The van der Waals surface area contributed by atoms with E-state index in [-0.39, 0.29) is 36.1 Å². The number of unbranched alkanes of at least 4 members (excludes halogenated alkanes) is 5. The van der Waals surface area contributed by atoms with E-state index in [9.17, 15) is 14.4 Å². The number of hydrogen-bond acceptors (Lipinski definition) is 4. The lowest BCUT2D eigenvalue weighted by Gasteiger charge is -2.17. The summed E-state index contributed by atoms with van der Waals surface area (Å²) in [7, 11) is 0. The minimum absolute atomic E-state index is 0.0469. The summed E-state index contributed by atoms with van der Waals surface area (Å²) >= 11 is 0. The zero-order valence-electron chi connectivity index (χ0n) is 16.7. The maximum absolute atomic E-state index is 12.1. The number of allylic oxidation sites excluding steroid dienone is 3. The zero-order chi connectivity index (χ0) is 20.1. The topological polar surface area (TPSA) is 80.7 Å². The van der Waals surface area contributed by atoms with Crippen LogP contribution in [-0.2, 0) is 19.1 Å². The molecule has 0 heterocycles. The molecule has 0 saturated heterocycles. The van der Waals surface area contributed by atoms with Crippen LogP contribution in [0.3, 0.4) is 0 Å². The molecule has 27 heavy (non-hydrogen) atoms. The highest BCUT2D eigenvalue weighted by molar-refractivity contribution is 5.94. The first kappa shape index (κ1) is 23.1. The molecule has 3 atom stereocenters. The Morgan fingerprint density at radius 1 is 1.19 bits per heavy atom. The number of aliphatic carboxylic acids is 1. The van der Waals surface area contributed by atoms with Crippen molar-refractivity contribution in [3.8, 4) is 0 Å². The average molecular weight is 379 g/mol. The van der Waals surface area contributed by atoms with Crippen LogP contribution in [0.4, 0.5) is 0 Å². The molecule has 1 N–H and O–H groups in total. The quantitative estimate of drug-likeness (QED) is 0.265. The lowest BCUT2D eigenvalue weighted by atomic mass is 9.88. The molecule has 3 unspecified atom stereocenters. The fourth-order valence-corrected chi connectivity index (χ4v) is 3.44. The Morgan fingerprint density at radius 2 is 1.93 bits per heavy atom. The van der Waals surface area contributed by atoms with Crippen LogP contribution in [0.25, 0.3) is 0 Å². The number of carbonyl (C=O) groups is 3. The minimum Gasteiger partial charge on any atom is -0.481 e. The number of ether oxygens (including phenoxy) is 1. The van der Waals surface area contributed by atoms with Gasteiger partial charge < -0.3 is 9.84 Å². The standard InChI is InChI=1S/C22H34O5/c1-3-4-7-10-19(27-17(2)23)15-13-18-14-16-21(24)20(18)11-8-5-6-9-12-22(25)26/h13-16,18-20H,3-12H2,1-2H3,(H,25,26). The summed E-state index contributed by atoms with van der Waals surface area (Å²) in [6.07, 6.45) is 15.8. The van der Waals surface area contributed by atoms with Crippen molar-refractivity contribution in [1.29, 1.82) is 0 Å². The smallest absolute Gasteiger partial charge is 0.303 e. The van der Waals surface area contributed by atoms with Gasteiger partial charge in [-0.05, 0) is 37.8 Å². The second-order valence-corrected chi connectivity index (χ2v) is 7.32. The maximum Gasteiger partial charge on any atom is 0.303 e. The maximum atomic E-state index is 12.1. The van der Waals surface area contributed by atoms with Gasteiger partial charge in [-0.2, -0.15) is 0 Å².